The Bertz CT molecular complexity index is 1310. The van der Waals surface area contributed by atoms with Crippen LogP contribution < -0.4 is 5.56 Å². The molecule has 0 spiro atoms. The molecule has 0 aliphatic carbocycles. The van der Waals surface area contributed by atoms with Gasteiger partial charge in [0, 0.05) is 12.2 Å². The molecule has 0 N–H and O–H groups in total. The Hall–Kier alpha value is -3.37. The number of benzene rings is 2. The van der Waals surface area contributed by atoms with Crippen LogP contribution in [0.3, 0.4) is 0 Å². The number of halogens is 3. The first-order valence-corrected chi connectivity index (χ1v) is 11.8. The molecule has 1 saturated heterocycles. The number of likely N-dealkylation sites (tertiary alicyclic amines) is 1. The fourth-order valence-electron chi connectivity index (χ4n) is 4.71. The first kappa shape index (κ1) is 24.7. The van der Waals surface area contributed by atoms with Crippen LogP contribution in [0.1, 0.15) is 47.1 Å². The van der Waals surface area contributed by atoms with Crippen molar-refractivity contribution in [3.05, 3.63) is 98.1 Å². The Morgan fingerprint density at radius 2 is 1.63 bits per heavy atom. The van der Waals surface area contributed by atoms with Gasteiger partial charge in [0.15, 0.2) is 0 Å². The van der Waals surface area contributed by atoms with Gasteiger partial charge in [-0.05, 0) is 68.1 Å². The van der Waals surface area contributed by atoms with Gasteiger partial charge in [-0.25, -0.2) is 4.85 Å². The van der Waals surface area contributed by atoms with Gasteiger partial charge in [-0.15, -0.1) is 0 Å². The Balaban J connectivity index is 1.80. The first-order chi connectivity index (χ1) is 16.7. The molecule has 4 nitrogen and oxygen atoms in total. The highest BCUT2D eigenvalue weighted by Crippen LogP contribution is 2.37. The third-order valence-corrected chi connectivity index (χ3v) is 6.62. The molecule has 1 aliphatic rings. The van der Waals surface area contributed by atoms with Crippen LogP contribution in [-0.4, -0.2) is 22.6 Å². The smallest absolute Gasteiger partial charge is 0.313 e. The summed E-state index contributed by atoms with van der Waals surface area (Å²) in [5.74, 6) is 0. The number of hydrogen-bond acceptors (Lipinski definition) is 2. The number of alkyl halides is 3. The largest absolute Gasteiger partial charge is 0.407 e. The van der Waals surface area contributed by atoms with E-state index in [0.717, 1.165) is 48.0 Å². The normalized spacial score (nSPS) is 14.6. The van der Waals surface area contributed by atoms with Gasteiger partial charge in [0.1, 0.15) is 0 Å². The van der Waals surface area contributed by atoms with E-state index in [1.165, 1.54) is 23.8 Å². The second-order valence-electron chi connectivity index (χ2n) is 9.26. The Labute approximate surface area is 203 Å². The lowest BCUT2D eigenvalue weighted by atomic mass is 10.0. The number of rotatable bonds is 5. The van der Waals surface area contributed by atoms with Gasteiger partial charge in [-0.1, -0.05) is 54.4 Å². The highest BCUT2D eigenvalue weighted by molar-refractivity contribution is 5.66. The van der Waals surface area contributed by atoms with Gasteiger partial charge in [0.25, 0.3) is 11.2 Å². The van der Waals surface area contributed by atoms with Gasteiger partial charge >= 0.3 is 6.18 Å². The number of hydrogen-bond donors (Lipinski definition) is 0. The summed E-state index contributed by atoms with van der Waals surface area (Å²) in [6.45, 7) is 14.1. The number of piperidine rings is 1. The molecule has 0 atom stereocenters. The van der Waals surface area contributed by atoms with Crippen LogP contribution in [0.15, 0.2) is 53.3 Å². The molecule has 0 saturated carbocycles. The highest BCUT2D eigenvalue weighted by atomic mass is 19.4. The summed E-state index contributed by atoms with van der Waals surface area (Å²) in [5, 5.41) is 0. The highest BCUT2D eigenvalue weighted by Gasteiger charge is 2.36. The average molecular weight is 480 g/mol. The second kappa shape index (κ2) is 10.1. The number of aryl methyl sites for hydroxylation is 2. The fourth-order valence-corrected chi connectivity index (χ4v) is 4.71. The molecule has 2 aromatic carbocycles. The van der Waals surface area contributed by atoms with E-state index < -0.39 is 23.0 Å². The molecule has 182 valence electrons. The first-order valence-electron chi connectivity index (χ1n) is 11.8. The lowest BCUT2D eigenvalue weighted by Crippen LogP contribution is -2.29. The van der Waals surface area contributed by atoms with Crippen LogP contribution in [0.25, 0.3) is 16.1 Å². The van der Waals surface area contributed by atoms with Crippen molar-refractivity contribution in [2.75, 3.05) is 13.1 Å². The van der Waals surface area contributed by atoms with E-state index in [1.54, 1.807) is 12.1 Å². The number of pyridine rings is 1. The molecule has 4 rings (SSSR count). The SMILES string of the molecule is [C-]#[N+]c1c(C(F)(F)F)cc(-c2ccc(CN3CCCCC3)cc2)n(Cc2ccc(C)cc2C)c1=O. The van der Waals surface area contributed by atoms with E-state index in [9.17, 15) is 18.0 Å². The molecule has 1 aliphatic heterocycles. The van der Waals surface area contributed by atoms with Crippen LogP contribution >= 0.6 is 0 Å². The van der Waals surface area contributed by atoms with Crippen LogP contribution in [0, 0.1) is 20.4 Å². The molecule has 0 radical (unpaired) electrons. The van der Waals surface area contributed by atoms with Gasteiger partial charge in [-0.3, -0.25) is 9.69 Å². The lowest BCUT2D eigenvalue weighted by Gasteiger charge is -2.26. The molecule has 35 heavy (non-hydrogen) atoms. The van der Waals surface area contributed by atoms with Crippen molar-refractivity contribution in [3.8, 4) is 11.3 Å². The van der Waals surface area contributed by atoms with Crippen molar-refractivity contribution in [2.45, 2.75) is 52.4 Å². The zero-order valence-corrected chi connectivity index (χ0v) is 20.0. The van der Waals surface area contributed by atoms with Crippen molar-refractivity contribution in [2.24, 2.45) is 0 Å². The van der Waals surface area contributed by atoms with Crippen molar-refractivity contribution in [1.29, 1.82) is 0 Å². The van der Waals surface area contributed by atoms with Crippen molar-refractivity contribution >= 4 is 5.69 Å². The molecule has 7 heteroatoms. The molecular weight excluding hydrogens is 451 g/mol. The van der Waals surface area contributed by atoms with Gasteiger partial charge in [-0.2, -0.15) is 13.2 Å². The third-order valence-electron chi connectivity index (χ3n) is 6.62. The second-order valence-corrected chi connectivity index (χ2v) is 9.26. The molecule has 0 unspecified atom stereocenters. The summed E-state index contributed by atoms with van der Waals surface area (Å²) in [4.78, 5) is 18.6. The maximum Gasteiger partial charge on any atom is 0.407 e. The van der Waals surface area contributed by atoms with Crippen molar-refractivity contribution < 1.29 is 13.2 Å². The maximum atomic E-state index is 13.8. The Morgan fingerprint density at radius 3 is 2.23 bits per heavy atom. The van der Waals surface area contributed by atoms with E-state index in [4.69, 9.17) is 6.57 Å². The minimum absolute atomic E-state index is 0.0798. The molecule has 0 bridgehead atoms. The maximum absolute atomic E-state index is 13.8. The Kier molecular flexibility index (Phi) is 7.13. The Morgan fingerprint density at radius 1 is 0.943 bits per heavy atom. The summed E-state index contributed by atoms with van der Waals surface area (Å²) in [5.41, 5.74) is 1.53. The van der Waals surface area contributed by atoms with E-state index in [0.29, 0.717) is 5.56 Å². The molecule has 2 heterocycles. The van der Waals surface area contributed by atoms with Crippen LogP contribution in [0.5, 0.6) is 0 Å². The molecule has 1 fully saturated rings. The van der Waals surface area contributed by atoms with Crippen LogP contribution in [-0.2, 0) is 19.3 Å². The molecule has 3 aromatic rings. The molecule has 1 aromatic heterocycles. The summed E-state index contributed by atoms with van der Waals surface area (Å²) >= 11 is 0. The standard InChI is InChI=1S/C28H28F3N3O/c1-19-7-10-23(20(2)15-19)18-34-25(16-24(28(29,30)31)26(32-3)27(34)35)22-11-8-21(9-12-22)17-33-13-5-4-6-14-33/h7-12,15-16H,4-6,13-14,17-18H2,1-2H3. The zero-order valence-electron chi connectivity index (χ0n) is 20.0. The summed E-state index contributed by atoms with van der Waals surface area (Å²) < 4.78 is 42.7. The minimum atomic E-state index is -4.80. The quantitative estimate of drug-likeness (QED) is 0.380. The molecule has 0 amide bonds. The summed E-state index contributed by atoms with van der Waals surface area (Å²) in [6.07, 6.45) is -1.21. The van der Waals surface area contributed by atoms with Gasteiger partial charge < -0.3 is 4.57 Å². The average Bonchev–Trinajstić information content (AvgIpc) is 2.82. The van der Waals surface area contributed by atoms with Gasteiger partial charge in [0.2, 0.25) is 0 Å². The van der Waals surface area contributed by atoms with Crippen molar-refractivity contribution in [3.63, 3.8) is 0 Å². The van der Waals surface area contributed by atoms with Crippen molar-refractivity contribution in [1.82, 2.24) is 9.47 Å². The monoisotopic (exact) mass is 479 g/mol. The van der Waals surface area contributed by atoms with Crippen LogP contribution in [0.4, 0.5) is 18.9 Å². The topological polar surface area (TPSA) is 29.6 Å². The van der Waals surface area contributed by atoms with Crippen LogP contribution in [0.2, 0.25) is 0 Å². The van der Waals surface area contributed by atoms with E-state index in [1.807, 2.05) is 44.2 Å². The van der Waals surface area contributed by atoms with E-state index in [-0.39, 0.29) is 12.2 Å². The van der Waals surface area contributed by atoms with Gasteiger partial charge in [0.05, 0.1) is 18.7 Å². The predicted molar refractivity (Wildman–Crippen MR) is 132 cm³/mol. The van der Waals surface area contributed by atoms with E-state index >= 15 is 0 Å². The molecular formula is C28H28F3N3O. The number of aromatic nitrogens is 1. The van der Waals surface area contributed by atoms with E-state index in [2.05, 4.69) is 9.74 Å². The third kappa shape index (κ3) is 5.49. The number of nitrogens with zero attached hydrogens (tertiary/aromatic N) is 3. The summed E-state index contributed by atoms with van der Waals surface area (Å²) in [7, 11) is 0. The summed E-state index contributed by atoms with van der Waals surface area (Å²) in [6, 6.07) is 14.0. The fraction of sp³-hybridized carbons (Fsp3) is 0.357. The lowest BCUT2D eigenvalue weighted by molar-refractivity contribution is -0.136. The predicted octanol–water partition coefficient (Wildman–Crippen LogP) is 6.74. The minimum Gasteiger partial charge on any atom is -0.313 e. The zero-order chi connectivity index (χ0) is 25.2.